The maximum absolute atomic E-state index is 12.2. The number of aryl methyl sites for hydroxylation is 1. The van der Waals surface area contributed by atoms with Crippen LogP contribution >= 0.6 is 15.9 Å². The van der Waals surface area contributed by atoms with Crippen LogP contribution < -0.4 is 5.32 Å². The number of nitrogens with zero attached hydrogens (tertiary/aromatic N) is 2. The molecule has 0 spiro atoms. The van der Waals surface area contributed by atoms with Crippen LogP contribution in [-0.2, 0) is 11.2 Å². The lowest BCUT2D eigenvalue weighted by Crippen LogP contribution is -2.30. The lowest BCUT2D eigenvalue weighted by Gasteiger charge is -2.18. The molecule has 5 heteroatoms. The number of rotatable bonds is 7. The van der Waals surface area contributed by atoms with Gasteiger partial charge in [-0.15, -0.1) is 0 Å². The molecule has 0 saturated carbocycles. The molecule has 1 N–H and O–H groups in total. The van der Waals surface area contributed by atoms with Crippen molar-refractivity contribution in [2.45, 2.75) is 19.8 Å². The van der Waals surface area contributed by atoms with Crippen molar-refractivity contribution in [2.75, 3.05) is 25.5 Å². The molecule has 1 aromatic heterocycles. The van der Waals surface area contributed by atoms with Gasteiger partial charge in [0.2, 0.25) is 5.91 Å². The molecule has 0 saturated heterocycles. The quantitative estimate of drug-likeness (QED) is 0.802. The molecule has 1 aromatic carbocycles. The summed E-state index contributed by atoms with van der Waals surface area (Å²) in [5.41, 5.74) is 3.43. The minimum atomic E-state index is 0.154. The van der Waals surface area contributed by atoms with E-state index in [0.29, 0.717) is 13.0 Å². The van der Waals surface area contributed by atoms with Gasteiger partial charge in [0.15, 0.2) is 0 Å². The monoisotopic (exact) mass is 375 g/mol. The highest BCUT2D eigenvalue weighted by Crippen LogP contribution is 2.19. The molecular weight excluding hydrogens is 354 g/mol. The molecule has 0 aliphatic heterocycles. The maximum atomic E-state index is 12.2. The van der Waals surface area contributed by atoms with E-state index in [1.54, 1.807) is 17.3 Å². The second-order valence-electron chi connectivity index (χ2n) is 5.56. The predicted octanol–water partition coefficient (Wildman–Crippen LogP) is 3.66. The van der Waals surface area contributed by atoms with Crippen LogP contribution in [0.15, 0.2) is 47.2 Å². The number of nitrogens with one attached hydrogen (secondary N) is 1. The lowest BCUT2D eigenvalue weighted by atomic mass is 10.2. The van der Waals surface area contributed by atoms with E-state index in [1.807, 2.05) is 31.3 Å². The van der Waals surface area contributed by atoms with Gasteiger partial charge >= 0.3 is 0 Å². The number of pyridine rings is 1. The molecule has 1 heterocycles. The third-order valence-electron chi connectivity index (χ3n) is 3.75. The van der Waals surface area contributed by atoms with Crippen molar-refractivity contribution >= 4 is 27.5 Å². The topological polar surface area (TPSA) is 45.2 Å². The van der Waals surface area contributed by atoms with E-state index in [-0.39, 0.29) is 5.91 Å². The summed E-state index contributed by atoms with van der Waals surface area (Å²) in [6.07, 6.45) is 4.90. The summed E-state index contributed by atoms with van der Waals surface area (Å²) >= 11 is 3.45. The van der Waals surface area contributed by atoms with Crippen molar-refractivity contribution in [3.8, 4) is 0 Å². The van der Waals surface area contributed by atoms with Crippen molar-refractivity contribution in [1.29, 1.82) is 0 Å². The Hall–Kier alpha value is -1.88. The van der Waals surface area contributed by atoms with Gasteiger partial charge in [-0.05, 0) is 54.8 Å². The highest BCUT2D eigenvalue weighted by atomic mass is 79.9. The number of hydrogen-bond donors (Lipinski definition) is 1. The van der Waals surface area contributed by atoms with Crippen molar-refractivity contribution < 1.29 is 4.79 Å². The summed E-state index contributed by atoms with van der Waals surface area (Å²) in [5, 5.41) is 3.32. The number of likely N-dealkylation sites (N-methyl/N-ethyl adjacent to an activating group) is 1. The highest BCUT2D eigenvalue weighted by Gasteiger charge is 2.08. The fourth-order valence-electron chi connectivity index (χ4n) is 2.29. The van der Waals surface area contributed by atoms with E-state index >= 15 is 0 Å². The average molecular weight is 376 g/mol. The normalized spacial score (nSPS) is 10.4. The van der Waals surface area contributed by atoms with Gasteiger partial charge in [-0.25, -0.2) is 0 Å². The molecule has 23 heavy (non-hydrogen) atoms. The molecule has 0 bridgehead atoms. The molecule has 0 aliphatic carbocycles. The third-order valence-corrected chi connectivity index (χ3v) is 4.25. The Morgan fingerprint density at radius 1 is 1.26 bits per heavy atom. The van der Waals surface area contributed by atoms with E-state index in [2.05, 4.69) is 39.2 Å². The number of anilines is 1. The largest absolute Gasteiger partial charge is 0.384 e. The van der Waals surface area contributed by atoms with Crippen molar-refractivity contribution in [1.82, 2.24) is 9.88 Å². The van der Waals surface area contributed by atoms with Gasteiger partial charge in [-0.1, -0.05) is 15.9 Å². The number of benzene rings is 1. The maximum Gasteiger partial charge on any atom is 0.224 e. The molecule has 2 rings (SSSR count). The molecule has 0 unspecified atom stereocenters. The molecule has 2 aromatic rings. The Labute approximate surface area is 146 Å². The highest BCUT2D eigenvalue weighted by molar-refractivity contribution is 9.10. The zero-order chi connectivity index (χ0) is 16.7. The number of aromatic nitrogens is 1. The van der Waals surface area contributed by atoms with Crippen LogP contribution in [0.2, 0.25) is 0 Å². The van der Waals surface area contributed by atoms with E-state index in [9.17, 15) is 4.79 Å². The third kappa shape index (κ3) is 5.67. The number of carbonyl (C=O) groups excluding carboxylic acids is 1. The number of hydrogen-bond acceptors (Lipinski definition) is 3. The van der Waals surface area contributed by atoms with Crippen molar-refractivity contribution in [2.24, 2.45) is 0 Å². The summed E-state index contributed by atoms with van der Waals surface area (Å²) in [6, 6.07) is 10.0. The van der Waals surface area contributed by atoms with E-state index in [1.165, 1.54) is 5.56 Å². The van der Waals surface area contributed by atoms with Gasteiger partial charge in [0.05, 0.1) is 0 Å². The van der Waals surface area contributed by atoms with Gasteiger partial charge < -0.3 is 10.2 Å². The zero-order valence-electron chi connectivity index (χ0n) is 13.6. The SMILES string of the molecule is Cc1cc(Br)ccc1NCCC(=O)N(C)CCc1ccncc1. The number of carbonyl (C=O) groups is 1. The molecule has 0 radical (unpaired) electrons. The number of amides is 1. The lowest BCUT2D eigenvalue weighted by molar-refractivity contribution is -0.129. The van der Waals surface area contributed by atoms with Crippen LogP contribution in [0.1, 0.15) is 17.5 Å². The Morgan fingerprint density at radius 3 is 2.70 bits per heavy atom. The fourth-order valence-corrected chi connectivity index (χ4v) is 2.77. The fraction of sp³-hybridized carbons (Fsp3) is 0.333. The van der Waals surface area contributed by atoms with Crippen LogP contribution in [0.5, 0.6) is 0 Å². The Bertz CT molecular complexity index is 646. The van der Waals surface area contributed by atoms with Gasteiger partial charge in [0.25, 0.3) is 0 Å². The molecule has 122 valence electrons. The Kier molecular flexibility index (Phi) is 6.59. The van der Waals surface area contributed by atoms with Crippen LogP contribution in [0.25, 0.3) is 0 Å². The molecule has 0 aliphatic rings. The Balaban J connectivity index is 1.73. The van der Waals surface area contributed by atoms with Gasteiger partial charge in [0, 0.05) is 49.1 Å². The minimum Gasteiger partial charge on any atom is -0.384 e. The van der Waals surface area contributed by atoms with Crippen LogP contribution in [0.3, 0.4) is 0 Å². The summed E-state index contributed by atoms with van der Waals surface area (Å²) < 4.78 is 1.06. The van der Waals surface area contributed by atoms with Gasteiger partial charge in [0.1, 0.15) is 0 Å². The number of halogens is 1. The minimum absolute atomic E-state index is 0.154. The first-order valence-corrected chi connectivity index (χ1v) is 8.48. The average Bonchev–Trinajstić information content (AvgIpc) is 2.55. The molecule has 4 nitrogen and oxygen atoms in total. The van der Waals surface area contributed by atoms with Crippen molar-refractivity contribution in [3.05, 3.63) is 58.3 Å². The Morgan fingerprint density at radius 2 is 2.00 bits per heavy atom. The van der Waals surface area contributed by atoms with E-state index < -0.39 is 0 Å². The van der Waals surface area contributed by atoms with E-state index in [4.69, 9.17) is 0 Å². The predicted molar refractivity (Wildman–Crippen MR) is 97.6 cm³/mol. The molecule has 0 atom stereocenters. The van der Waals surface area contributed by atoms with Gasteiger partial charge in [-0.3, -0.25) is 9.78 Å². The first-order chi connectivity index (χ1) is 11.1. The first kappa shape index (κ1) is 17.5. The molecule has 0 fully saturated rings. The summed E-state index contributed by atoms with van der Waals surface area (Å²) in [4.78, 5) is 17.9. The molecular formula is C18H22BrN3O. The smallest absolute Gasteiger partial charge is 0.224 e. The second-order valence-corrected chi connectivity index (χ2v) is 6.47. The molecule has 1 amide bonds. The summed E-state index contributed by atoms with van der Waals surface area (Å²) in [6.45, 7) is 3.41. The van der Waals surface area contributed by atoms with Crippen LogP contribution in [-0.4, -0.2) is 35.9 Å². The standard InChI is InChI=1S/C18H22BrN3O/c1-14-13-16(19)3-4-17(14)21-11-7-18(23)22(2)12-8-15-5-9-20-10-6-15/h3-6,9-10,13,21H,7-8,11-12H2,1-2H3. The van der Waals surface area contributed by atoms with E-state index in [0.717, 1.165) is 28.7 Å². The first-order valence-electron chi connectivity index (χ1n) is 7.69. The second kappa shape index (κ2) is 8.67. The summed E-state index contributed by atoms with van der Waals surface area (Å²) in [7, 11) is 1.86. The van der Waals surface area contributed by atoms with Gasteiger partial charge in [-0.2, -0.15) is 0 Å². The van der Waals surface area contributed by atoms with Crippen LogP contribution in [0.4, 0.5) is 5.69 Å². The summed E-state index contributed by atoms with van der Waals surface area (Å²) in [5.74, 6) is 0.154. The van der Waals surface area contributed by atoms with Crippen molar-refractivity contribution in [3.63, 3.8) is 0 Å². The van der Waals surface area contributed by atoms with Crippen LogP contribution in [0, 0.1) is 6.92 Å². The zero-order valence-corrected chi connectivity index (χ0v) is 15.1.